The van der Waals surface area contributed by atoms with E-state index in [-0.39, 0.29) is 23.8 Å². The first kappa shape index (κ1) is 19.3. The van der Waals surface area contributed by atoms with Gasteiger partial charge in [-0.2, -0.15) is 0 Å². The van der Waals surface area contributed by atoms with Crippen molar-refractivity contribution in [3.63, 3.8) is 0 Å². The molecule has 0 radical (unpaired) electrons. The maximum Gasteiger partial charge on any atom is 0.262 e. The SMILES string of the molecule is CC[C@@H](C)c1ccccc1NC(=O)COc1c(OC)cccc1C(N)=O. The number of benzene rings is 2. The maximum atomic E-state index is 12.3. The summed E-state index contributed by atoms with van der Waals surface area (Å²) in [6.07, 6.45) is 0.965. The van der Waals surface area contributed by atoms with E-state index in [2.05, 4.69) is 19.2 Å². The van der Waals surface area contributed by atoms with Crippen LogP contribution >= 0.6 is 0 Å². The lowest BCUT2D eigenvalue weighted by Gasteiger charge is -2.16. The molecule has 0 bridgehead atoms. The van der Waals surface area contributed by atoms with Crippen molar-refractivity contribution in [3.05, 3.63) is 53.6 Å². The zero-order chi connectivity index (χ0) is 19.1. The molecule has 2 amide bonds. The molecule has 0 fully saturated rings. The molecule has 0 saturated carbocycles. The number of anilines is 1. The topological polar surface area (TPSA) is 90.7 Å². The maximum absolute atomic E-state index is 12.3. The predicted octanol–water partition coefficient (Wildman–Crippen LogP) is 3.33. The lowest BCUT2D eigenvalue weighted by molar-refractivity contribution is -0.118. The Balaban J connectivity index is 2.13. The van der Waals surface area contributed by atoms with Gasteiger partial charge < -0.3 is 20.5 Å². The summed E-state index contributed by atoms with van der Waals surface area (Å²) >= 11 is 0. The fourth-order valence-corrected chi connectivity index (χ4v) is 2.60. The summed E-state index contributed by atoms with van der Waals surface area (Å²) in [6, 6.07) is 12.5. The molecule has 26 heavy (non-hydrogen) atoms. The average molecular weight is 356 g/mol. The van der Waals surface area contributed by atoms with Crippen molar-refractivity contribution in [3.8, 4) is 11.5 Å². The minimum Gasteiger partial charge on any atom is -0.493 e. The highest BCUT2D eigenvalue weighted by atomic mass is 16.5. The molecule has 0 aliphatic heterocycles. The fourth-order valence-electron chi connectivity index (χ4n) is 2.60. The van der Waals surface area contributed by atoms with Gasteiger partial charge in [-0.25, -0.2) is 0 Å². The molecule has 6 heteroatoms. The van der Waals surface area contributed by atoms with Crippen LogP contribution in [0.25, 0.3) is 0 Å². The van der Waals surface area contributed by atoms with Crippen LogP contribution in [0.2, 0.25) is 0 Å². The summed E-state index contributed by atoms with van der Waals surface area (Å²) in [7, 11) is 1.45. The van der Waals surface area contributed by atoms with Gasteiger partial charge in [0, 0.05) is 5.69 Å². The normalized spacial score (nSPS) is 11.5. The van der Waals surface area contributed by atoms with Crippen LogP contribution in [0.1, 0.15) is 42.1 Å². The van der Waals surface area contributed by atoms with Gasteiger partial charge in [0.15, 0.2) is 18.1 Å². The van der Waals surface area contributed by atoms with Crippen molar-refractivity contribution >= 4 is 17.5 Å². The van der Waals surface area contributed by atoms with E-state index in [1.165, 1.54) is 13.2 Å². The van der Waals surface area contributed by atoms with Gasteiger partial charge in [-0.1, -0.05) is 38.1 Å². The van der Waals surface area contributed by atoms with Gasteiger partial charge in [0.1, 0.15) is 0 Å². The lowest BCUT2D eigenvalue weighted by atomic mass is 9.97. The molecular weight excluding hydrogens is 332 g/mol. The molecule has 2 aromatic carbocycles. The Labute approximate surface area is 153 Å². The van der Waals surface area contributed by atoms with Crippen LogP contribution in [0.15, 0.2) is 42.5 Å². The summed E-state index contributed by atoms with van der Waals surface area (Å²) in [5, 5.41) is 2.86. The minimum atomic E-state index is -0.651. The molecule has 0 aliphatic carbocycles. The summed E-state index contributed by atoms with van der Waals surface area (Å²) in [5.41, 5.74) is 7.35. The molecule has 0 aliphatic rings. The van der Waals surface area contributed by atoms with Crippen LogP contribution in [0.5, 0.6) is 11.5 Å². The zero-order valence-electron chi connectivity index (χ0n) is 15.2. The number of carbonyl (C=O) groups is 2. The molecule has 2 aromatic rings. The number of amides is 2. The van der Waals surface area contributed by atoms with E-state index in [0.29, 0.717) is 11.7 Å². The second-order valence-electron chi connectivity index (χ2n) is 5.93. The van der Waals surface area contributed by atoms with E-state index >= 15 is 0 Å². The number of nitrogens with one attached hydrogen (secondary N) is 1. The Bertz CT molecular complexity index is 789. The molecule has 0 unspecified atom stereocenters. The third kappa shape index (κ3) is 4.53. The smallest absolute Gasteiger partial charge is 0.262 e. The molecule has 0 heterocycles. The monoisotopic (exact) mass is 356 g/mol. The summed E-state index contributed by atoms with van der Waals surface area (Å²) in [5.74, 6) is -0.159. The average Bonchev–Trinajstić information content (AvgIpc) is 2.65. The molecule has 3 N–H and O–H groups in total. The van der Waals surface area contributed by atoms with E-state index in [4.69, 9.17) is 15.2 Å². The van der Waals surface area contributed by atoms with Gasteiger partial charge >= 0.3 is 0 Å². The highest BCUT2D eigenvalue weighted by molar-refractivity contribution is 5.97. The van der Waals surface area contributed by atoms with Crippen molar-refractivity contribution in [2.75, 3.05) is 19.0 Å². The zero-order valence-corrected chi connectivity index (χ0v) is 15.2. The molecule has 1 atom stereocenters. The Kier molecular flexibility index (Phi) is 6.60. The van der Waals surface area contributed by atoms with Crippen LogP contribution < -0.4 is 20.5 Å². The highest BCUT2D eigenvalue weighted by Crippen LogP contribution is 2.31. The highest BCUT2D eigenvalue weighted by Gasteiger charge is 2.17. The number of rotatable bonds is 8. The minimum absolute atomic E-state index is 0.160. The molecule has 138 valence electrons. The second-order valence-corrected chi connectivity index (χ2v) is 5.93. The van der Waals surface area contributed by atoms with Crippen molar-refractivity contribution < 1.29 is 19.1 Å². The van der Waals surface area contributed by atoms with Crippen molar-refractivity contribution in [2.45, 2.75) is 26.2 Å². The first-order valence-electron chi connectivity index (χ1n) is 8.46. The summed E-state index contributed by atoms with van der Waals surface area (Å²) < 4.78 is 10.7. The van der Waals surface area contributed by atoms with Crippen molar-refractivity contribution in [2.24, 2.45) is 5.73 Å². The Morgan fingerprint density at radius 2 is 1.88 bits per heavy atom. The van der Waals surface area contributed by atoms with Crippen LogP contribution in [0.3, 0.4) is 0 Å². The predicted molar refractivity (Wildman–Crippen MR) is 101 cm³/mol. The van der Waals surface area contributed by atoms with Crippen molar-refractivity contribution in [1.29, 1.82) is 0 Å². The Hall–Kier alpha value is -3.02. The summed E-state index contributed by atoms with van der Waals surface area (Å²) in [4.78, 5) is 23.9. The van der Waals surface area contributed by atoms with E-state index < -0.39 is 5.91 Å². The first-order valence-corrected chi connectivity index (χ1v) is 8.46. The standard InChI is InChI=1S/C20H24N2O4/c1-4-13(2)14-8-5-6-10-16(14)22-18(23)12-26-19-15(20(21)24)9-7-11-17(19)25-3/h5-11,13H,4,12H2,1-3H3,(H2,21,24)(H,22,23)/t13-/m1/s1. The number of ether oxygens (including phenoxy) is 2. The third-order valence-corrected chi connectivity index (χ3v) is 4.19. The van der Waals surface area contributed by atoms with Gasteiger partial charge in [-0.3, -0.25) is 9.59 Å². The number of carbonyl (C=O) groups excluding carboxylic acids is 2. The Morgan fingerprint density at radius 3 is 2.54 bits per heavy atom. The largest absolute Gasteiger partial charge is 0.493 e. The molecule has 2 rings (SSSR count). The van der Waals surface area contributed by atoms with Crippen LogP contribution in [0.4, 0.5) is 5.69 Å². The number of primary amides is 1. The Morgan fingerprint density at radius 1 is 1.15 bits per heavy atom. The lowest BCUT2D eigenvalue weighted by Crippen LogP contribution is -2.22. The number of hydrogen-bond donors (Lipinski definition) is 2. The second kappa shape index (κ2) is 8.89. The van der Waals surface area contributed by atoms with Crippen LogP contribution in [0, 0.1) is 0 Å². The van der Waals surface area contributed by atoms with Crippen LogP contribution in [-0.4, -0.2) is 25.5 Å². The third-order valence-electron chi connectivity index (χ3n) is 4.19. The summed E-state index contributed by atoms with van der Waals surface area (Å²) in [6.45, 7) is 3.93. The quantitative estimate of drug-likeness (QED) is 0.759. The molecule has 0 aromatic heterocycles. The number of methoxy groups -OCH3 is 1. The van der Waals surface area contributed by atoms with Gasteiger partial charge in [0.25, 0.3) is 11.8 Å². The van der Waals surface area contributed by atoms with Crippen LogP contribution in [-0.2, 0) is 4.79 Å². The number of nitrogens with two attached hydrogens (primary N) is 1. The van der Waals surface area contributed by atoms with Gasteiger partial charge in [0.2, 0.25) is 0 Å². The van der Waals surface area contributed by atoms with E-state index in [1.54, 1.807) is 12.1 Å². The van der Waals surface area contributed by atoms with Gasteiger partial charge in [-0.05, 0) is 36.1 Å². The number of para-hydroxylation sites is 2. The fraction of sp³-hybridized carbons (Fsp3) is 0.300. The van der Waals surface area contributed by atoms with E-state index in [1.807, 2.05) is 24.3 Å². The number of hydrogen-bond acceptors (Lipinski definition) is 4. The molecule has 0 saturated heterocycles. The molecule has 6 nitrogen and oxygen atoms in total. The van der Waals surface area contributed by atoms with E-state index in [9.17, 15) is 9.59 Å². The molecular formula is C20H24N2O4. The van der Waals surface area contributed by atoms with Gasteiger partial charge in [-0.15, -0.1) is 0 Å². The van der Waals surface area contributed by atoms with E-state index in [0.717, 1.165) is 17.7 Å². The van der Waals surface area contributed by atoms with Gasteiger partial charge in [0.05, 0.1) is 12.7 Å². The molecule has 0 spiro atoms. The first-order chi connectivity index (χ1) is 12.5. The van der Waals surface area contributed by atoms with Crippen molar-refractivity contribution in [1.82, 2.24) is 0 Å².